The first-order chi connectivity index (χ1) is 17.1. The van der Waals surface area contributed by atoms with Crippen molar-refractivity contribution in [3.8, 4) is 0 Å². The van der Waals surface area contributed by atoms with E-state index in [2.05, 4.69) is 13.8 Å². The van der Waals surface area contributed by atoms with Crippen molar-refractivity contribution in [2.75, 3.05) is 25.6 Å². The molecule has 1 aliphatic carbocycles. The van der Waals surface area contributed by atoms with Gasteiger partial charge in [-0.3, -0.25) is 4.57 Å². The minimum absolute atomic E-state index is 0.106. The third-order valence-corrected chi connectivity index (χ3v) is 7.53. The normalized spacial score (nSPS) is 17.3. The zero-order chi connectivity index (χ0) is 25.6. The Bertz CT molecular complexity index is 534. The quantitative estimate of drug-likeness (QED) is 0.0634. The van der Waals surface area contributed by atoms with Crippen LogP contribution in [0.15, 0.2) is 0 Å². The minimum atomic E-state index is -2.54. The summed E-state index contributed by atoms with van der Waals surface area (Å²) in [5.74, 6) is -0.448. The predicted octanol–water partition coefficient (Wildman–Crippen LogP) is 7.20. The molecule has 9 heteroatoms. The predicted molar refractivity (Wildman–Crippen MR) is 142 cm³/mol. The Hall–Kier alpha value is -0.240. The van der Waals surface area contributed by atoms with Gasteiger partial charge < -0.3 is 23.5 Å². The van der Waals surface area contributed by atoms with E-state index in [9.17, 15) is 14.5 Å². The smallest absolute Gasteiger partial charge is 0.387 e. The Balaban J connectivity index is 2.44. The van der Waals surface area contributed by atoms with Gasteiger partial charge in [0.1, 0.15) is 6.10 Å². The zero-order valence-corrected chi connectivity index (χ0v) is 23.8. The molecule has 0 aromatic carbocycles. The van der Waals surface area contributed by atoms with Crippen molar-refractivity contribution >= 4 is 26.5 Å². The van der Waals surface area contributed by atoms with Gasteiger partial charge in [0.2, 0.25) is 8.46 Å². The number of hydrogen-bond acceptors (Lipinski definition) is 8. The first kappa shape index (κ1) is 32.8. The molecule has 0 aliphatic heterocycles. The number of carbonyl (C=O) groups excluding carboxylic acids is 1. The molecule has 35 heavy (non-hydrogen) atoms. The molecule has 1 aliphatic rings. The van der Waals surface area contributed by atoms with Crippen LogP contribution >= 0.6 is 20.5 Å². The Morgan fingerprint density at radius 1 is 0.943 bits per heavy atom. The van der Waals surface area contributed by atoms with Crippen molar-refractivity contribution in [2.45, 2.75) is 134 Å². The minimum Gasteiger partial charge on any atom is -0.387 e. The highest BCUT2D eigenvalue weighted by Gasteiger charge is 2.42. The highest BCUT2D eigenvalue weighted by Crippen LogP contribution is 2.27. The van der Waals surface area contributed by atoms with Crippen molar-refractivity contribution in [2.24, 2.45) is 0 Å². The van der Waals surface area contributed by atoms with Crippen LogP contribution in [0.3, 0.4) is 0 Å². The summed E-state index contributed by atoms with van der Waals surface area (Å²) in [4.78, 5) is 12.3. The zero-order valence-electron chi connectivity index (χ0n) is 22.0. The fourth-order valence-electron chi connectivity index (χ4n) is 4.00. The molecule has 1 rings (SSSR count). The van der Waals surface area contributed by atoms with Crippen LogP contribution in [0.25, 0.3) is 0 Å². The molecule has 2 atom stereocenters. The molecule has 0 amide bonds. The summed E-state index contributed by atoms with van der Waals surface area (Å²) < 4.78 is 34.0. The molecular weight excluding hydrogens is 487 g/mol. The van der Waals surface area contributed by atoms with Crippen LogP contribution in [0.2, 0.25) is 0 Å². The standard InChI is InChI=1S/C26H49O7PS/c1-3-5-7-8-9-10-11-15-19-30-24(21-31-23-17-13-12-14-18-23)22-32-26(28,34-29)25(27)33-35-20-16-6-4-2/h23-24,28H,3-22H2,1-2H3. The summed E-state index contributed by atoms with van der Waals surface area (Å²) in [5, 5.41) is 10.5. The van der Waals surface area contributed by atoms with Crippen molar-refractivity contribution in [1.82, 2.24) is 0 Å². The maximum absolute atomic E-state index is 12.3. The number of ether oxygens (including phenoxy) is 3. The lowest BCUT2D eigenvalue weighted by Gasteiger charge is -2.27. The summed E-state index contributed by atoms with van der Waals surface area (Å²) in [5.41, 5.74) is -2.54. The second-order valence-electron chi connectivity index (χ2n) is 9.47. The van der Waals surface area contributed by atoms with E-state index in [0.717, 1.165) is 57.0 Å². The molecule has 0 aromatic heterocycles. The summed E-state index contributed by atoms with van der Waals surface area (Å²) in [6.07, 6.45) is 18.1. The molecule has 1 saturated carbocycles. The van der Waals surface area contributed by atoms with Gasteiger partial charge in [0.05, 0.1) is 31.4 Å². The first-order valence-electron chi connectivity index (χ1n) is 13.8. The fourth-order valence-corrected chi connectivity index (χ4v) is 4.93. The van der Waals surface area contributed by atoms with Gasteiger partial charge in [0.15, 0.2) is 0 Å². The largest absolute Gasteiger partial charge is 0.391 e. The molecule has 1 fully saturated rings. The Labute approximate surface area is 219 Å². The van der Waals surface area contributed by atoms with E-state index in [-0.39, 0.29) is 12.7 Å². The Kier molecular flexibility index (Phi) is 20.4. The first-order valence-corrected chi connectivity index (χ1v) is 15.6. The summed E-state index contributed by atoms with van der Waals surface area (Å²) in [6.45, 7) is 5.08. The molecule has 7 nitrogen and oxygen atoms in total. The molecule has 0 saturated heterocycles. The number of aliphatic hydroxyl groups is 1. The van der Waals surface area contributed by atoms with Gasteiger partial charge in [-0.1, -0.05) is 90.9 Å². The van der Waals surface area contributed by atoms with Gasteiger partial charge in [0.25, 0.3) is 0 Å². The van der Waals surface area contributed by atoms with Crippen LogP contribution in [0, 0.1) is 0 Å². The summed E-state index contributed by atoms with van der Waals surface area (Å²) in [7, 11) is -0.860. The Morgan fingerprint density at radius 3 is 2.23 bits per heavy atom. The molecule has 0 spiro atoms. The van der Waals surface area contributed by atoms with Gasteiger partial charge in [-0.2, -0.15) is 0 Å². The van der Waals surface area contributed by atoms with Gasteiger partial charge in [0, 0.05) is 12.4 Å². The van der Waals surface area contributed by atoms with Crippen LogP contribution in [-0.4, -0.2) is 54.4 Å². The third kappa shape index (κ3) is 16.3. The SMILES string of the molecule is CCCCCCCCCCOC(COC1CCCCC1)COC(O)(P=O)C(=O)OSCCCCC. The van der Waals surface area contributed by atoms with Crippen molar-refractivity contribution < 1.29 is 32.9 Å². The molecule has 2 unspecified atom stereocenters. The van der Waals surface area contributed by atoms with Crippen molar-refractivity contribution in [3.05, 3.63) is 0 Å². The molecule has 206 valence electrons. The van der Waals surface area contributed by atoms with Gasteiger partial charge >= 0.3 is 11.5 Å². The maximum Gasteiger partial charge on any atom is 0.391 e. The highest BCUT2D eigenvalue weighted by atomic mass is 32.2. The van der Waals surface area contributed by atoms with E-state index in [1.807, 2.05) is 0 Å². The van der Waals surface area contributed by atoms with Crippen LogP contribution in [-0.2, 0) is 27.8 Å². The van der Waals surface area contributed by atoms with Crippen molar-refractivity contribution in [3.63, 3.8) is 0 Å². The monoisotopic (exact) mass is 536 g/mol. The van der Waals surface area contributed by atoms with Crippen LogP contribution in [0.5, 0.6) is 0 Å². The fraction of sp³-hybridized carbons (Fsp3) is 0.962. The molecule has 0 aromatic rings. The van der Waals surface area contributed by atoms with Crippen LogP contribution in [0.4, 0.5) is 0 Å². The van der Waals surface area contributed by atoms with Gasteiger partial charge in [-0.25, -0.2) is 4.79 Å². The number of rotatable bonds is 23. The second kappa shape index (κ2) is 21.8. The van der Waals surface area contributed by atoms with Crippen molar-refractivity contribution in [1.29, 1.82) is 0 Å². The van der Waals surface area contributed by atoms with E-state index in [0.29, 0.717) is 19.0 Å². The van der Waals surface area contributed by atoms with E-state index in [1.54, 1.807) is 0 Å². The average molecular weight is 537 g/mol. The Morgan fingerprint density at radius 2 is 1.57 bits per heavy atom. The van der Waals surface area contributed by atoms with Gasteiger partial charge in [-0.15, -0.1) is 0 Å². The molecule has 1 N–H and O–H groups in total. The third-order valence-electron chi connectivity index (χ3n) is 6.25. The van der Waals surface area contributed by atoms with E-state index < -0.39 is 26.1 Å². The number of hydrogen-bond donors (Lipinski definition) is 1. The summed E-state index contributed by atoms with van der Waals surface area (Å²) >= 11 is 0.945. The van der Waals surface area contributed by atoms with Gasteiger partial charge in [-0.05, 0) is 25.7 Å². The van der Waals surface area contributed by atoms with Crippen LogP contribution < -0.4 is 0 Å². The topological polar surface area (TPSA) is 91.3 Å². The van der Waals surface area contributed by atoms with E-state index in [4.69, 9.17) is 18.4 Å². The average Bonchev–Trinajstić information content (AvgIpc) is 2.88. The molecule has 0 heterocycles. The molecular formula is C26H49O7PS. The lowest BCUT2D eigenvalue weighted by Crippen LogP contribution is -2.40. The number of unbranched alkanes of at least 4 members (excludes halogenated alkanes) is 9. The second-order valence-corrected chi connectivity index (χ2v) is 11.1. The summed E-state index contributed by atoms with van der Waals surface area (Å²) in [6, 6.07) is 0. The lowest BCUT2D eigenvalue weighted by atomic mass is 9.98. The number of carbonyl (C=O) groups is 1. The van der Waals surface area contributed by atoms with E-state index >= 15 is 0 Å². The maximum atomic E-state index is 12.3. The molecule has 0 radical (unpaired) electrons. The van der Waals surface area contributed by atoms with Crippen LogP contribution in [0.1, 0.15) is 117 Å². The molecule has 0 bridgehead atoms. The van der Waals surface area contributed by atoms with E-state index in [1.165, 1.54) is 57.8 Å². The lowest BCUT2D eigenvalue weighted by molar-refractivity contribution is -0.196. The highest BCUT2D eigenvalue weighted by molar-refractivity contribution is 7.95.